The number of aromatic nitrogens is 13. The molecular formula is C68H92BF2I2N21O7. The summed E-state index contributed by atoms with van der Waals surface area (Å²) in [6.07, 6.45) is 8.83. The first-order valence-electron chi connectivity index (χ1n) is 34.5. The number of aromatic hydroxyl groups is 2. The lowest BCUT2D eigenvalue weighted by molar-refractivity contribution is -0.136. The second-order valence-electron chi connectivity index (χ2n) is 26.0. The monoisotopic (exact) mass is 1620 g/mol. The van der Waals surface area contributed by atoms with E-state index in [-0.39, 0.29) is 53.8 Å². The largest absolute Gasteiger partial charge is 0.677 e. The Labute approximate surface area is 615 Å². The van der Waals surface area contributed by atoms with Crippen LogP contribution in [0.25, 0.3) is 5.57 Å². The highest BCUT2D eigenvalue weighted by atomic mass is 127. The van der Waals surface area contributed by atoms with Crippen molar-refractivity contribution in [3.8, 4) is 11.5 Å². The Hall–Kier alpha value is -7.58. The number of nitrogens with two attached hydrogens (primary N) is 2. The lowest BCUT2D eigenvalue weighted by Gasteiger charge is -2.38. The van der Waals surface area contributed by atoms with Gasteiger partial charge in [0.05, 0.1) is 93.1 Å². The van der Waals surface area contributed by atoms with Gasteiger partial charge in [0.2, 0.25) is 29.7 Å². The summed E-state index contributed by atoms with van der Waals surface area (Å²) in [6, 6.07) is 11.4. The van der Waals surface area contributed by atoms with Crippen LogP contribution in [0.1, 0.15) is 137 Å². The molecule has 101 heavy (non-hydrogen) atoms. The maximum atomic E-state index is 14.7. The molecule has 2 saturated heterocycles. The molecule has 0 bridgehead atoms. The molecule has 0 saturated carbocycles. The second kappa shape index (κ2) is 35.5. The van der Waals surface area contributed by atoms with Crippen molar-refractivity contribution in [1.29, 1.82) is 0 Å². The highest BCUT2D eigenvalue weighted by Gasteiger charge is 2.36. The van der Waals surface area contributed by atoms with Crippen molar-refractivity contribution in [2.75, 3.05) is 107 Å². The molecule has 2 aromatic carbocycles. The SMILES string of the molecule is CC[C@H](C)[C@H](N)c1cn([C@@H](Cc2ccc(O)cc2)C(=O)N2CCN(c3nc(NCCOCCOCCOCc4cn(CCC/C(=C5/N=C(C)C(I)=C5C)c5c(C)c(I)c(C)n5B(F)F)nn4)nc(N4CCN(C(=O)[C@H](Cc5ccc(O)cc5)n5cc([C@@H](N)[C@@H](C)CC)nn5)CC4)n3)CC2)nn1. The van der Waals surface area contributed by atoms with Crippen LogP contribution in [-0.2, 0) is 49.8 Å². The van der Waals surface area contributed by atoms with Crippen molar-refractivity contribution in [1.82, 2.24) is 74.2 Å². The number of phenolic OH excluding ortho intramolecular Hbond substituents is 2. The Morgan fingerprint density at radius 1 is 0.663 bits per heavy atom. The van der Waals surface area contributed by atoms with Gasteiger partial charge in [-0.3, -0.25) is 27.9 Å². The number of phenols is 2. The van der Waals surface area contributed by atoms with Crippen molar-refractivity contribution < 1.29 is 42.6 Å². The van der Waals surface area contributed by atoms with Crippen LogP contribution in [0.4, 0.5) is 26.5 Å². The molecule has 0 spiro atoms. The van der Waals surface area contributed by atoms with Gasteiger partial charge in [0.25, 0.3) is 0 Å². The smallest absolute Gasteiger partial charge is 0.508 e. The maximum absolute atomic E-state index is 14.7. The third kappa shape index (κ3) is 19.0. The zero-order valence-electron chi connectivity index (χ0n) is 58.6. The molecule has 8 heterocycles. The van der Waals surface area contributed by atoms with Gasteiger partial charge in [-0.25, -0.2) is 9.36 Å². The number of nitrogens with zero attached hydrogens (tertiary/aromatic N) is 18. The summed E-state index contributed by atoms with van der Waals surface area (Å²) in [6.45, 7) is 21.6. The summed E-state index contributed by atoms with van der Waals surface area (Å²) in [5.41, 5.74) is 22.0. The van der Waals surface area contributed by atoms with Crippen molar-refractivity contribution in [3.05, 3.63) is 131 Å². The molecule has 2 amide bonds. The van der Waals surface area contributed by atoms with Gasteiger partial charge < -0.3 is 65.3 Å². The number of aryl methyl sites for hydroxylation is 1. The third-order valence-electron chi connectivity index (χ3n) is 19.1. The van der Waals surface area contributed by atoms with Gasteiger partial charge in [-0.15, -0.1) is 15.3 Å². The summed E-state index contributed by atoms with van der Waals surface area (Å²) in [4.78, 5) is 56.9. The number of aliphatic imine (C=N–C) groups is 1. The lowest BCUT2D eigenvalue weighted by Crippen LogP contribution is -2.52. The number of anilines is 3. The van der Waals surface area contributed by atoms with E-state index in [0.29, 0.717) is 170 Å². The van der Waals surface area contributed by atoms with E-state index in [1.54, 1.807) is 81.9 Å². The van der Waals surface area contributed by atoms with Crippen molar-refractivity contribution in [3.63, 3.8) is 0 Å². The number of amides is 2. The van der Waals surface area contributed by atoms with E-state index in [2.05, 4.69) is 109 Å². The Bertz CT molecular complexity index is 3870. The van der Waals surface area contributed by atoms with E-state index < -0.39 is 19.5 Å². The summed E-state index contributed by atoms with van der Waals surface area (Å²) in [5, 5.41) is 49.8. The molecular weight excluding hydrogens is 1530 g/mol. The fourth-order valence-electron chi connectivity index (χ4n) is 12.5. The first kappa shape index (κ1) is 76.1. The summed E-state index contributed by atoms with van der Waals surface area (Å²) in [7, 11) is -2.69. The standard InChI is InChI=1S/C68H92BF2I2N21O7/c1-9-42(3)60(74)54-39-92(85-82-54)56(36-48-13-17-51(95)18-14-48)64(97)87-23-27-89(28-24-87)67-78-66(79-68(80-67)90-29-25-88(26-30-90)65(98)57(37-49-15-19-52(96)20-16-49)93-40-55(83-86-93)61(75)43(4)10-2)76-21-31-99-32-33-100-34-35-101-41-50-38-91(84-81-50)22-11-12-53(62-44(5)58(72)46(7)77-62)63-45(6)59(73)47(8)94(63)69(70)71/h13-20,38-40,42-43,56-57,60-61,95-96H,9-12,21-37,41,74-75H2,1-8H3,(H,76,78,79,80)/b62-53-/t42-,43-,56-,57-,60-,61-/m0/s1. The van der Waals surface area contributed by atoms with Gasteiger partial charge in [0.15, 0.2) is 0 Å². The summed E-state index contributed by atoms with van der Waals surface area (Å²) < 4.78 is 54.8. The van der Waals surface area contributed by atoms with Crippen LogP contribution in [-0.4, -0.2) is 201 Å². The average Bonchev–Trinajstić information content (AvgIpc) is 1.63. The van der Waals surface area contributed by atoms with Gasteiger partial charge >= 0.3 is 7.40 Å². The predicted molar refractivity (Wildman–Crippen MR) is 398 cm³/mol. The Morgan fingerprint density at radius 3 is 1.63 bits per heavy atom. The molecule has 28 nitrogen and oxygen atoms in total. The number of hydrogen-bond acceptors (Lipinski definition) is 22. The highest BCUT2D eigenvalue weighted by Crippen LogP contribution is 2.41. The molecule has 0 aliphatic carbocycles. The number of carbonyl (C=O) groups excluding carboxylic acids is 2. The van der Waals surface area contributed by atoms with Crippen LogP contribution < -0.4 is 26.6 Å². The summed E-state index contributed by atoms with van der Waals surface area (Å²) in [5.74, 6) is 1.46. The molecule has 2 fully saturated rings. The van der Waals surface area contributed by atoms with Crippen LogP contribution >= 0.6 is 45.2 Å². The van der Waals surface area contributed by atoms with Crippen molar-refractivity contribution in [2.45, 2.75) is 131 Å². The minimum absolute atomic E-state index is 0.126. The van der Waals surface area contributed by atoms with E-state index in [4.69, 9.17) is 45.6 Å². The molecule has 3 aliphatic heterocycles. The second-order valence-corrected chi connectivity index (χ2v) is 28.1. The molecule has 542 valence electrons. The normalized spacial score (nSPS) is 16.8. The maximum Gasteiger partial charge on any atom is 0.677 e. The first-order valence-corrected chi connectivity index (χ1v) is 36.7. The minimum atomic E-state index is -2.69. The first-order chi connectivity index (χ1) is 48.6. The zero-order valence-corrected chi connectivity index (χ0v) is 62.9. The van der Waals surface area contributed by atoms with Gasteiger partial charge in [-0.1, -0.05) is 80.4 Å². The van der Waals surface area contributed by atoms with Gasteiger partial charge in [-0.2, -0.15) is 15.0 Å². The Morgan fingerprint density at radius 2 is 1.16 bits per heavy atom. The molecule has 5 aromatic heterocycles. The molecule has 10 rings (SSSR count). The molecule has 3 aliphatic rings. The topological polar surface area (TPSA) is 327 Å². The lowest BCUT2D eigenvalue weighted by atomic mass is 9.97. The van der Waals surface area contributed by atoms with Crippen LogP contribution in [0.3, 0.4) is 0 Å². The van der Waals surface area contributed by atoms with Crippen molar-refractivity contribution >= 4 is 93.5 Å². The quantitative estimate of drug-likeness (QED) is 0.0144. The fourth-order valence-corrected chi connectivity index (χ4v) is 13.4. The Kier molecular flexibility index (Phi) is 26.8. The molecule has 33 heteroatoms. The van der Waals surface area contributed by atoms with Crippen LogP contribution in [0.15, 0.2) is 87.0 Å². The minimum Gasteiger partial charge on any atom is -0.508 e. The number of ether oxygens (including phenoxy) is 3. The third-order valence-corrected chi connectivity index (χ3v) is 22.3. The zero-order chi connectivity index (χ0) is 72.0. The van der Waals surface area contributed by atoms with E-state index in [1.807, 2.05) is 46.6 Å². The van der Waals surface area contributed by atoms with Crippen LogP contribution in [0.5, 0.6) is 11.5 Å². The van der Waals surface area contributed by atoms with Gasteiger partial charge in [-0.05, 0) is 144 Å². The summed E-state index contributed by atoms with van der Waals surface area (Å²) >= 11 is 4.43. The number of allylic oxidation sites excluding steroid dienone is 3. The fraction of sp³-hybridized carbons (Fsp3) is 0.529. The average molecular weight is 1620 g/mol. The molecule has 7 N–H and O–H groups in total. The van der Waals surface area contributed by atoms with Crippen LogP contribution in [0.2, 0.25) is 0 Å². The van der Waals surface area contributed by atoms with Crippen LogP contribution in [0, 0.1) is 29.3 Å². The molecule has 0 radical (unpaired) electrons. The van der Waals surface area contributed by atoms with Crippen molar-refractivity contribution in [2.24, 2.45) is 28.3 Å². The molecule has 0 unspecified atom stereocenters. The van der Waals surface area contributed by atoms with E-state index >= 15 is 0 Å². The highest BCUT2D eigenvalue weighted by molar-refractivity contribution is 14.1. The number of nitrogens with one attached hydrogen (secondary N) is 1. The predicted octanol–water partition coefficient (Wildman–Crippen LogP) is 8.25. The Balaban J connectivity index is 0.739. The number of benzene rings is 2. The molecule has 6 atom stereocenters. The number of rotatable bonds is 34. The number of halogens is 4. The van der Waals surface area contributed by atoms with E-state index in [9.17, 15) is 28.4 Å². The number of piperazine rings is 2. The molecule has 7 aromatic rings. The van der Waals surface area contributed by atoms with Gasteiger partial charge in [0, 0.05) is 102 Å². The van der Waals surface area contributed by atoms with E-state index in [1.165, 1.54) is 0 Å². The number of carbonyl (C=O) groups is 2. The van der Waals surface area contributed by atoms with Gasteiger partial charge in [0.1, 0.15) is 29.3 Å². The van der Waals surface area contributed by atoms with E-state index in [0.717, 1.165) is 63.7 Å². The number of hydrogen-bond donors (Lipinski definition) is 5.